The van der Waals surface area contributed by atoms with Crippen LogP contribution in [0.2, 0.25) is 10.0 Å². The third-order valence-corrected chi connectivity index (χ3v) is 5.52. The maximum absolute atomic E-state index is 13.1. The molecule has 1 heterocycles. The van der Waals surface area contributed by atoms with Crippen molar-refractivity contribution in [2.24, 2.45) is 0 Å². The molecule has 0 bridgehead atoms. The van der Waals surface area contributed by atoms with E-state index in [0.717, 1.165) is 0 Å². The van der Waals surface area contributed by atoms with Gasteiger partial charge in [-0.15, -0.1) is 5.10 Å². The first kappa shape index (κ1) is 19.5. The second-order valence-electron chi connectivity index (χ2n) is 5.36. The summed E-state index contributed by atoms with van der Waals surface area (Å²) >= 11 is 11.7. The summed E-state index contributed by atoms with van der Waals surface area (Å²) < 4.78 is 64.2. The standard InChI is InChI=1S/C16H10Cl2F3N3O2S/c17-12-7-6-10(8-13(12)18)14-9-15(16(19,20)21)22-24(14)23-27(25,26)11-4-2-1-3-5-11/h1-9,23H. The predicted molar refractivity (Wildman–Crippen MR) is 95.7 cm³/mol. The van der Waals surface area contributed by atoms with E-state index in [1.54, 1.807) is 6.07 Å². The van der Waals surface area contributed by atoms with Crippen molar-refractivity contribution in [1.29, 1.82) is 0 Å². The van der Waals surface area contributed by atoms with Gasteiger partial charge in [0.2, 0.25) is 0 Å². The van der Waals surface area contributed by atoms with Crippen LogP contribution in [0, 0.1) is 0 Å². The molecule has 11 heteroatoms. The minimum Gasteiger partial charge on any atom is -0.200 e. The fourth-order valence-corrected chi connectivity index (χ4v) is 3.50. The number of alkyl halides is 3. The molecule has 0 aliphatic carbocycles. The Morgan fingerprint density at radius 2 is 1.63 bits per heavy atom. The molecular weight excluding hydrogens is 426 g/mol. The van der Waals surface area contributed by atoms with E-state index in [4.69, 9.17) is 23.2 Å². The molecule has 0 aliphatic rings. The fourth-order valence-electron chi connectivity index (χ4n) is 2.22. The lowest BCUT2D eigenvalue weighted by molar-refractivity contribution is -0.141. The first-order chi connectivity index (χ1) is 12.6. The van der Waals surface area contributed by atoms with Gasteiger partial charge in [0.15, 0.2) is 5.69 Å². The first-order valence-corrected chi connectivity index (χ1v) is 9.52. The van der Waals surface area contributed by atoms with E-state index in [2.05, 4.69) is 5.10 Å². The van der Waals surface area contributed by atoms with E-state index in [1.807, 2.05) is 4.83 Å². The van der Waals surface area contributed by atoms with Gasteiger partial charge in [-0.3, -0.25) is 0 Å². The summed E-state index contributed by atoms with van der Waals surface area (Å²) in [6, 6.07) is 12.0. The van der Waals surface area contributed by atoms with Crippen LogP contribution in [0.1, 0.15) is 5.69 Å². The molecule has 1 N–H and O–H groups in total. The Balaban J connectivity index is 2.11. The number of rotatable bonds is 4. The average molecular weight is 436 g/mol. The summed E-state index contributed by atoms with van der Waals surface area (Å²) in [5.74, 6) is 0. The number of hydrogen-bond acceptors (Lipinski definition) is 3. The van der Waals surface area contributed by atoms with Crippen LogP contribution < -0.4 is 4.83 Å². The van der Waals surface area contributed by atoms with E-state index in [9.17, 15) is 21.6 Å². The van der Waals surface area contributed by atoms with Crippen molar-refractivity contribution in [3.8, 4) is 11.3 Å². The molecular formula is C16H10Cl2F3N3O2S. The van der Waals surface area contributed by atoms with Gasteiger partial charge in [0, 0.05) is 5.56 Å². The molecule has 0 saturated heterocycles. The monoisotopic (exact) mass is 435 g/mol. The number of hydrogen-bond donors (Lipinski definition) is 1. The van der Waals surface area contributed by atoms with Crippen LogP contribution >= 0.6 is 23.2 Å². The Kier molecular flexibility index (Phi) is 5.11. The summed E-state index contributed by atoms with van der Waals surface area (Å²) in [5.41, 5.74) is -1.22. The molecule has 142 valence electrons. The SMILES string of the molecule is O=S(=O)(Nn1nc(C(F)(F)F)cc1-c1ccc(Cl)c(Cl)c1)c1ccccc1. The van der Waals surface area contributed by atoms with Gasteiger partial charge in [-0.1, -0.05) is 47.5 Å². The Hall–Kier alpha value is -2.23. The van der Waals surface area contributed by atoms with Gasteiger partial charge in [-0.2, -0.15) is 31.2 Å². The maximum Gasteiger partial charge on any atom is 0.435 e. The Morgan fingerprint density at radius 1 is 0.963 bits per heavy atom. The van der Waals surface area contributed by atoms with E-state index in [-0.39, 0.29) is 26.2 Å². The third-order valence-electron chi connectivity index (χ3n) is 3.48. The van der Waals surface area contributed by atoms with Gasteiger partial charge in [-0.05, 0) is 30.3 Å². The minimum atomic E-state index is -4.77. The van der Waals surface area contributed by atoms with Crippen LogP contribution in [0.5, 0.6) is 0 Å². The lowest BCUT2D eigenvalue weighted by Crippen LogP contribution is -2.25. The van der Waals surface area contributed by atoms with Gasteiger partial charge in [0.25, 0.3) is 10.0 Å². The summed E-state index contributed by atoms with van der Waals surface area (Å²) in [6.07, 6.45) is -4.77. The maximum atomic E-state index is 13.1. The van der Waals surface area contributed by atoms with Crippen LogP contribution in [0.4, 0.5) is 13.2 Å². The molecule has 3 aromatic rings. The Bertz CT molecular complexity index is 1080. The molecule has 0 atom stereocenters. The van der Waals surface area contributed by atoms with Gasteiger partial charge in [0.05, 0.1) is 20.6 Å². The molecule has 0 aliphatic heterocycles. The highest BCUT2D eigenvalue weighted by Gasteiger charge is 2.35. The number of nitrogens with one attached hydrogen (secondary N) is 1. The average Bonchev–Trinajstić information content (AvgIpc) is 3.01. The van der Waals surface area contributed by atoms with Crippen molar-refractivity contribution in [1.82, 2.24) is 9.89 Å². The van der Waals surface area contributed by atoms with Crippen molar-refractivity contribution >= 4 is 33.2 Å². The molecule has 5 nitrogen and oxygen atoms in total. The number of sulfonamides is 1. The zero-order chi connectivity index (χ0) is 19.8. The molecule has 0 spiro atoms. The van der Waals surface area contributed by atoms with E-state index < -0.39 is 21.9 Å². The summed E-state index contributed by atoms with van der Waals surface area (Å²) in [4.78, 5) is 2.45. The van der Waals surface area contributed by atoms with Crippen molar-refractivity contribution < 1.29 is 21.6 Å². The van der Waals surface area contributed by atoms with Crippen molar-refractivity contribution in [2.75, 3.05) is 4.83 Å². The highest BCUT2D eigenvalue weighted by Crippen LogP contribution is 2.33. The second kappa shape index (κ2) is 7.06. The smallest absolute Gasteiger partial charge is 0.200 e. The molecule has 27 heavy (non-hydrogen) atoms. The topological polar surface area (TPSA) is 64.0 Å². The molecule has 3 rings (SSSR count). The first-order valence-electron chi connectivity index (χ1n) is 7.28. The van der Waals surface area contributed by atoms with Gasteiger partial charge in [-0.25, -0.2) is 0 Å². The van der Waals surface area contributed by atoms with Gasteiger partial charge >= 0.3 is 6.18 Å². The highest BCUT2D eigenvalue weighted by molar-refractivity contribution is 7.92. The zero-order valence-electron chi connectivity index (χ0n) is 13.2. The van der Waals surface area contributed by atoms with Crippen LogP contribution in [0.3, 0.4) is 0 Å². The summed E-state index contributed by atoms with van der Waals surface area (Å²) in [5, 5.41) is 3.65. The van der Waals surface area contributed by atoms with E-state index >= 15 is 0 Å². The highest BCUT2D eigenvalue weighted by atomic mass is 35.5. The zero-order valence-corrected chi connectivity index (χ0v) is 15.5. The largest absolute Gasteiger partial charge is 0.435 e. The van der Waals surface area contributed by atoms with Gasteiger partial charge in [0.1, 0.15) is 0 Å². The Morgan fingerprint density at radius 3 is 2.22 bits per heavy atom. The van der Waals surface area contributed by atoms with Crippen LogP contribution in [0.25, 0.3) is 11.3 Å². The molecule has 0 unspecified atom stereocenters. The lowest BCUT2D eigenvalue weighted by Gasteiger charge is -2.11. The quantitative estimate of drug-likeness (QED) is 0.639. The van der Waals surface area contributed by atoms with Gasteiger partial charge < -0.3 is 0 Å². The molecule has 0 radical (unpaired) electrons. The summed E-state index contributed by atoms with van der Waals surface area (Å²) in [6.45, 7) is 0. The number of halogens is 5. The van der Waals surface area contributed by atoms with Crippen molar-refractivity contribution in [3.63, 3.8) is 0 Å². The molecule has 0 amide bonds. The van der Waals surface area contributed by atoms with Crippen LogP contribution in [-0.4, -0.2) is 18.3 Å². The van der Waals surface area contributed by atoms with Crippen LogP contribution in [0.15, 0.2) is 59.5 Å². The normalized spacial score (nSPS) is 12.2. The van der Waals surface area contributed by atoms with Crippen molar-refractivity contribution in [3.05, 3.63) is 70.3 Å². The number of nitrogens with zero attached hydrogens (tertiary/aromatic N) is 2. The Labute approximate surface area is 162 Å². The predicted octanol–water partition coefficient (Wildman–Crippen LogP) is 4.81. The fraction of sp³-hybridized carbons (Fsp3) is 0.0625. The number of aromatic nitrogens is 2. The molecule has 1 aromatic heterocycles. The number of benzene rings is 2. The molecule has 0 fully saturated rings. The van der Waals surface area contributed by atoms with Crippen molar-refractivity contribution in [2.45, 2.75) is 11.1 Å². The minimum absolute atomic E-state index is 0.0985. The van der Waals surface area contributed by atoms with E-state index in [0.29, 0.717) is 10.9 Å². The summed E-state index contributed by atoms with van der Waals surface area (Å²) in [7, 11) is -4.17. The van der Waals surface area contributed by atoms with E-state index in [1.165, 1.54) is 42.5 Å². The lowest BCUT2D eigenvalue weighted by atomic mass is 10.1. The van der Waals surface area contributed by atoms with Crippen LogP contribution in [-0.2, 0) is 16.2 Å². The second-order valence-corrected chi connectivity index (χ2v) is 7.84. The molecule has 0 saturated carbocycles. The third kappa shape index (κ3) is 4.20. The molecule has 2 aromatic carbocycles.